The second-order valence-corrected chi connectivity index (χ2v) is 9.60. The molecule has 0 aromatic heterocycles. The minimum absolute atomic E-state index is 0.148. The first kappa shape index (κ1) is 20.4. The minimum Gasteiger partial charge on any atom is -0.481 e. The number of benzene rings is 2. The zero-order valence-electron chi connectivity index (χ0n) is 15.3. The molecule has 0 radical (unpaired) electrons. The van der Waals surface area contributed by atoms with E-state index in [1.165, 1.54) is 0 Å². The van der Waals surface area contributed by atoms with Crippen LogP contribution in [0.1, 0.15) is 36.3 Å². The van der Waals surface area contributed by atoms with Crippen LogP contribution in [-0.4, -0.2) is 27.7 Å². The Labute approximate surface area is 184 Å². The zero-order valence-corrected chi connectivity index (χ0v) is 18.4. The summed E-state index contributed by atoms with van der Waals surface area (Å²) in [5.41, 5.74) is 6.65. The molecule has 1 atom stereocenters. The molecule has 4 N–H and O–H groups in total. The maximum absolute atomic E-state index is 12.2. The Balaban J connectivity index is 1.75. The Morgan fingerprint density at radius 3 is 2.00 bits per heavy atom. The molecule has 1 aliphatic heterocycles. The Kier molecular flexibility index (Phi) is 5.21. The Morgan fingerprint density at radius 2 is 1.55 bits per heavy atom. The predicted molar refractivity (Wildman–Crippen MR) is 113 cm³/mol. The summed E-state index contributed by atoms with van der Waals surface area (Å²) in [4.78, 5) is 23.4. The highest BCUT2D eigenvalue weighted by molar-refractivity contribution is 9.10. The molecule has 2 aromatic carbocycles. The molecule has 6 nitrogen and oxygen atoms in total. The van der Waals surface area contributed by atoms with Gasteiger partial charge in [-0.1, -0.05) is 31.9 Å². The third-order valence-electron chi connectivity index (χ3n) is 6.07. The van der Waals surface area contributed by atoms with Crippen molar-refractivity contribution in [3.63, 3.8) is 0 Å². The van der Waals surface area contributed by atoms with E-state index in [1.807, 2.05) is 36.4 Å². The molecule has 8 heteroatoms. The van der Waals surface area contributed by atoms with Gasteiger partial charge in [0.2, 0.25) is 0 Å². The lowest BCUT2D eigenvalue weighted by atomic mass is 9.61. The van der Waals surface area contributed by atoms with Crippen molar-refractivity contribution in [3.8, 4) is 11.5 Å². The smallest absolute Gasteiger partial charge is 0.323 e. The van der Waals surface area contributed by atoms with Crippen LogP contribution in [0.25, 0.3) is 0 Å². The molecule has 1 unspecified atom stereocenters. The Morgan fingerprint density at radius 1 is 1.03 bits per heavy atom. The fourth-order valence-corrected chi connectivity index (χ4v) is 5.04. The lowest BCUT2D eigenvalue weighted by Crippen LogP contribution is -2.59. The van der Waals surface area contributed by atoms with Gasteiger partial charge < -0.3 is 20.7 Å². The highest BCUT2D eigenvalue weighted by Crippen LogP contribution is 2.51. The fraction of sp³-hybridized carbons (Fsp3) is 0.333. The van der Waals surface area contributed by atoms with Gasteiger partial charge in [-0.05, 0) is 61.6 Å². The third kappa shape index (κ3) is 3.58. The molecule has 152 valence electrons. The van der Waals surface area contributed by atoms with E-state index >= 15 is 0 Å². The first-order valence-electron chi connectivity index (χ1n) is 9.21. The largest absolute Gasteiger partial charge is 0.481 e. The first-order valence-corrected chi connectivity index (χ1v) is 10.8. The second-order valence-electron chi connectivity index (χ2n) is 7.77. The summed E-state index contributed by atoms with van der Waals surface area (Å²) in [5, 5.41) is 19.2. The molecular weight excluding hydrogens is 506 g/mol. The molecule has 0 saturated heterocycles. The molecular formula is C21H19Br2NO5. The standard InChI is InChI=1S/C21H19Br2NO5/c22-12-1-3-17-14(7-12)16(15-8-13(23)2-4-18(15)29-17)9-21(24,20(27)28)11-5-10(6-11)19(25)26/h1-4,7-8,10-11,16H,5-6,9,24H2,(H,25,26)(H,27,28). The van der Waals surface area contributed by atoms with Crippen molar-refractivity contribution in [1.82, 2.24) is 0 Å². The monoisotopic (exact) mass is 523 g/mol. The van der Waals surface area contributed by atoms with Crippen LogP contribution in [0.15, 0.2) is 45.3 Å². The average molecular weight is 525 g/mol. The van der Waals surface area contributed by atoms with E-state index in [-0.39, 0.29) is 25.2 Å². The molecule has 4 rings (SSSR count). The third-order valence-corrected chi connectivity index (χ3v) is 7.06. The van der Waals surface area contributed by atoms with Gasteiger partial charge in [0.15, 0.2) is 0 Å². The van der Waals surface area contributed by atoms with Crippen LogP contribution in [0.4, 0.5) is 0 Å². The van der Waals surface area contributed by atoms with Gasteiger partial charge in [-0.15, -0.1) is 0 Å². The summed E-state index contributed by atoms with van der Waals surface area (Å²) in [5.74, 6) is -1.89. The van der Waals surface area contributed by atoms with Gasteiger partial charge in [-0.2, -0.15) is 0 Å². The van der Waals surface area contributed by atoms with E-state index in [2.05, 4.69) is 31.9 Å². The van der Waals surface area contributed by atoms with Crippen LogP contribution in [-0.2, 0) is 9.59 Å². The summed E-state index contributed by atoms with van der Waals surface area (Å²) < 4.78 is 7.75. The zero-order chi connectivity index (χ0) is 20.9. The number of nitrogens with two attached hydrogens (primary N) is 1. The fourth-order valence-electron chi connectivity index (χ4n) is 4.28. The maximum Gasteiger partial charge on any atom is 0.323 e. The van der Waals surface area contributed by atoms with Crippen molar-refractivity contribution in [2.24, 2.45) is 17.6 Å². The van der Waals surface area contributed by atoms with Crippen LogP contribution in [0, 0.1) is 11.8 Å². The average Bonchev–Trinajstić information content (AvgIpc) is 2.60. The van der Waals surface area contributed by atoms with Gasteiger partial charge in [0.05, 0.1) is 5.92 Å². The highest BCUT2D eigenvalue weighted by Gasteiger charge is 2.52. The van der Waals surface area contributed by atoms with Crippen molar-refractivity contribution < 1.29 is 24.5 Å². The van der Waals surface area contributed by atoms with Gasteiger partial charge in [-0.3, -0.25) is 9.59 Å². The quantitative estimate of drug-likeness (QED) is 0.521. The summed E-state index contributed by atoms with van der Waals surface area (Å²) in [7, 11) is 0. The number of ether oxygens (including phenoxy) is 1. The van der Waals surface area contributed by atoms with Crippen LogP contribution in [0.3, 0.4) is 0 Å². The molecule has 2 aliphatic rings. The SMILES string of the molecule is NC(CC1c2cc(Br)ccc2Oc2ccc(Br)cc21)(C(=O)O)C1CC(C(=O)O)C1. The highest BCUT2D eigenvalue weighted by atomic mass is 79.9. The summed E-state index contributed by atoms with van der Waals surface area (Å²) in [6, 6.07) is 11.3. The van der Waals surface area contributed by atoms with Crippen LogP contribution in [0.2, 0.25) is 0 Å². The molecule has 29 heavy (non-hydrogen) atoms. The van der Waals surface area contributed by atoms with Crippen molar-refractivity contribution in [2.45, 2.75) is 30.7 Å². The van der Waals surface area contributed by atoms with Crippen molar-refractivity contribution in [3.05, 3.63) is 56.5 Å². The van der Waals surface area contributed by atoms with Crippen LogP contribution >= 0.6 is 31.9 Å². The molecule has 0 amide bonds. The number of hydrogen-bond acceptors (Lipinski definition) is 4. The normalized spacial score (nSPS) is 22.4. The number of fused-ring (bicyclic) bond motifs is 2. The molecule has 2 aromatic rings. The number of hydrogen-bond donors (Lipinski definition) is 3. The Bertz CT molecular complexity index is 953. The molecule has 1 heterocycles. The van der Waals surface area contributed by atoms with E-state index in [4.69, 9.17) is 10.5 Å². The molecule has 1 aliphatic carbocycles. The number of rotatable bonds is 5. The van der Waals surface area contributed by atoms with E-state index in [0.717, 1.165) is 20.1 Å². The molecule has 0 bridgehead atoms. The summed E-state index contributed by atoms with van der Waals surface area (Å²) >= 11 is 6.96. The van der Waals surface area contributed by atoms with Crippen molar-refractivity contribution in [1.29, 1.82) is 0 Å². The minimum atomic E-state index is -1.53. The van der Waals surface area contributed by atoms with Gasteiger partial charge in [0.1, 0.15) is 17.0 Å². The van der Waals surface area contributed by atoms with Crippen LogP contribution < -0.4 is 10.5 Å². The predicted octanol–water partition coefficient (Wildman–Crippen LogP) is 4.73. The molecule has 1 fully saturated rings. The van der Waals surface area contributed by atoms with Gasteiger partial charge in [-0.25, -0.2) is 0 Å². The number of aliphatic carboxylic acids is 2. The summed E-state index contributed by atoms with van der Waals surface area (Å²) in [6.07, 6.45) is 0.700. The van der Waals surface area contributed by atoms with E-state index in [1.54, 1.807) is 0 Å². The van der Waals surface area contributed by atoms with Crippen molar-refractivity contribution >= 4 is 43.8 Å². The topological polar surface area (TPSA) is 110 Å². The molecule has 0 spiro atoms. The number of carbonyl (C=O) groups is 2. The maximum atomic E-state index is 12.2. The lowest BCUT2D eigenvalue weighted by molar-refractivity contribution is -0.156. The van der Waals surface area contributed by atoms with Gasteiger partial charge in [0, 0.05) is 26.0 Å². The first-order chi connectivity index (χ1) is 13.7. The number of carboxylic acid groups (broad SMARTS) is 2. The lowest BCUT2D eigenvalue weighted by Gasteiger charge is -2.45. The van der Waals surface area contributed by atoms with Gasteiger partial charge >= 0.3 is 11.9 Å². The van der Waals surface area contributed by atoms with E-state index in [9.17, 15) is 19.8 Å². The van der Waals surface area contributed by atoms with Crippen LogP contribution in [0.5, 0.6) is 11.5 Å². The Hall–Kier alpha value is -1.90. The number of halogens is 2. The van der Waals surface area contributed by atoms with E-state index < -0.39 is 29.3 Å². The van der Waals surface area contributed by atoms with E-state index in [0.29, 0.717) is 11.5 Å². The second kappa shape index (κ2) is 7.41. The molecule has 1 saturated carbocycles. The van der Waals surface area contributed by atoms with Gasteiger partial charge in [0.25, 0.3) is 0 Å². The van der Waals surface area contributed by atoms with Crippen molar-refractivity contribution in [2.75, 3.05) is 0 Å². The summed E-state index contributed by atoms with van der Waals surface area (Å²) in [6.45, 7) is 0. The number of carboxylic acids is 2.